The average molecular weight is 345 g/mol. The summed E-state index contributed by atoms with van der Waals surface area (Å²) in [6, 6.07) is 22.1. The monoisotopic (exact) mass is 345 g/mol. The van der Waals surface area contributed by atoms with E-state index in [1.54, 1.807) is 12.3 Å². The van der Waals surface area contributed by atoms with E-state index in [1.807, 2.05) is 56.4 Å². The average Bonchev–Trinajstić information content (AvgIpc) is 2.67. The predicted octanol–water partition coefficient (Wildman–Crippen LogP) is 3.96. The van der Waals surface area contributed by atoms with E-state index in [9.17, 15) is 4.79 Å². The Hall–Kier alpha value is -3.14. The van der Waals surface area contributed by atoms with E-state index in [0.717, 1.165) is 17.8 Å². The molecular formula is C22H23N3O. The van der Waals surface area contributed by atoms with E-state index in [0.29, 0.717) is 12.2 Å². The fourth-order valence-electron chi connectivity index (χ4n) is 2.79. The van der Waals surface area contributed by atoms with Gasteiger partial charge in [-0.2, -0.15) is 0 Å². The van der Waals surface area contributed by atoms with Crippen molar-refractivity contribution in [2.24, 2.45) is 0 Å². The lowest BCUT2D eigenvalue weighted by Crippen LogP contribution is -2.24. The zero-order valence-electron chi connectivity index (χ0n) is 15.1. The lowest BCUT2D eigenvalue weighted by molar-refractivity contribution is 0.0946. The summed E-state index contributed by atoms with van der Waals surface area (Å²) in [6.07, 6.45) is 1.74. The first-order valence-electron chi connectivity index (χ1n) is 8.67. The van der Waals surface area contributed by atoms with Gasteiger partial charge in [0.2, 0.25) is 0 Å². The number of benzene rings is 2. The van der Waals surface area contributed by atoms with Gasteiger partial charge in [-0.15, -0.1) is 0 Å². The summed E-state index contributed by atoms with van der Waals surface area (Å²) in [7, 11) is 2.02. The fraction of sp³-hybridized carbons (Fsp3) is 0.182. The van der Waals surface area contributed by atoms with Gasteiger partial charge in [0, 0.05) is 20.1 Å². The molecule has 3 aromatic rings. The molecule has 1 aromatic heterocycles. The van der Waals surface area contributed by atoms with Gasteiger partial charge in [0.05, 0.1) is 11.9 Å². The first kappa shape index (κ1) is 17.7. The number of aryl methyl sites for hydroxylation is 1. The van der Waals surface area contributed by atoms with Crippen molar-refractivity contribution in [3.8, 4) is 0 Å². The van der Waals surface area contributed by atoms with Crippen LogP contribution >= 0.6 is 0 Å². The fourth-order valence-corrected chi connectivity index (χ4v) is 2.79. The highest BCUT2D eigenvalue weighted by atomic mass is 16.1. The number of anilines is 1. The zero-order chi connectivity index (χ0) is 18.4. The van der Waals surface area contributed by atoms with Gasteiger partial charge < -0.3 is 10.2 Å². The van der Waals surface area contributed by atoms with Crippen molar-refractivity contribution < 1.29 is 4.79 Å². The normalized spacial score (nSPS) is 10.4. The number of nitrogens with zero attached hydrogens (tertiary/aromatic N) is 2. The van der Waals surface area contributed by atoms with Crippen LogP contribution in [0.2, 0.25) is 0 Å². The number of hydrogen-bond donors (Lipinski definition) is 1. The van der Waals surface area contributed by atoms with E-state index in [4.69, 9.17) is 0 Å². The van der Waals surface area contributed by atoms with Crippen molar-refractivity contribution >= 4 is 11.6 Å². The minimum absolute atomic E-state index is 0.163. The molecule has 1 amide bonds. The molecule has 3 rings (SSSR count). The Morgan fingerprint density at radius 3 is 2.46 bits per heavy atom. The number of carbonyl (C=O) groups is 1. The second kappa shape index (κ2) is 8.30. The molecule has 4 nitrogen and oxygen atoms in total. The lowest BCUT2D eigenvalue weighted by Gasteiger charge is -2.19. The third-order valence-electron chi connectivity index (χ3n) is 4.22. The molecule has 1 N–H and O–H groups in total. The van der Waals surface area contributed by atoms with Gasteiger partial charge in [0.1, 0.15) is 5.69 Å². The van der Waals surface area contributed by atoms with Crippen LogP contribution in [-0.2, 0) is 13.1 Å². The summed E-state index contributed by atoms with van der Waals surface area (Å²) in [6.45, 7) is 3.33. The van der Waals surface area contributed by atoms with E-state index in [-0.39, 0.29) is 5.91 Å². The Kier molecular flexibility index (Phi) is 5.64. The lowest BCUT2D eigenvalue weighted by atomic mass is 10.1. The quantitative estimate of drug-likeness (QED) is 0.735. The van der Waals surface area contributed by atoms with Crippen LogP contribution in [0.4, 0.5) is 5.69 Å². The molecular weight excluding hydrogens is 322 g/mol. The molecule has 0 aliphatic heterocycles. The van der Waals surface area contributed by atoms with Crippen LogP contribution in [0.5, 0.6) is 0 Å². The van der Waals surface area contributed by atoms with Crippen LogP contribution < -0.4 is 10.2 Å². The van der Waals surface area contributed by atoms with Crippen molar-refractivity contribution in [3.05, 3.63) is 95.3 Å². The summed E-state index contributed by atoms with van der Waals surface area (Å²) in [5.41, 5.74) is 4.90. The Morgan fingerprint density at radius 2 is 1.77 bits per heavy atom. The third-order valence-corrected chi connectivity index (χ3v) is 4.22. The number of amides is 1. The minimum Gasteiger partial charge on any atom is -0.369 e. The van der Waals surface area contributed by atoms with Gasteiger partial charge >= 0.3 is 0 Å². The molecule has 0 saturated heterocycles. The molecule has 1 heterocycles. The highest BCUT2D eigenvalue weighted by molar-refractivity contribution is 5.92. The van der Waals surface area contributed by atoms with Gasteiger partial charge in [-0.25, -0.2) is 4.98 Å². The van der Waals surface area contributed by atoms with Crippen LogP contribution in [0.3, 0.4) is 0 Å². The molecule has 0 atom stereocenters. The van der Waals surface area contributed by atoms with Crippen LogP contribution in [0, 0.1) is 6.92 Å². The molecule has 2 aromatic carbocycles. The van der Waals surface area contributed by atoms with Gasteiger partial charge in [-0.05, 0) is 30.2 Å². The summed E-state index contributed by atoms with van der Waals surface area (Å²) in [5, 5.41) is 2.92. The Labute approximate surface area is 154 Å². The van der Waals surface area contributed by atoms with Crippen molar-refractivity contribution in [1.82, 2.24) is 10.3 Å². The SMILES string of the molecule is Cc1cccc(CNC(=O)c2ccc(N(C)Cc3ccccc3)cn2)c1. The molecule has 0 bridgehead atoms. The molecule has 0 radical (unpaired) electrons. The Balaban J connectivity index is 1.58. The number of rotatable bonds is 6. The number of hydrogen-bond acceptors (Lipinski definition) is 3. The Morgan fingerprint density at radius 1 is 1.00 bits per heavy atom. The maximum Gasteiger partial charge on any atom is 0.270 e. The van der Waals surface area contributed by atoms with Crippen LogP contribution in [0.25, 0.3) is 0 Å². The molecule has 0 aliphatic rings. The molecule has 0 aliphatic carbocycles. The molecule has 26 heavy (non-hydrogen) atoms. The van der Waals surface area contributed by atoms with Crippen LogP contribution in [0.15, 0.2) is 72.9 Å². The van der Waals surface area contributed by atoms with Crippen molar-refractivity contribution in [1.29, 1.82) is 0 Å². The van der Waals surface area contributed by atoms with Crippen LogP contribution in [0.1, 0.15) is 27.2 Å². The third kappa shape index (κ3) is 4.70. The van der Waals surface area contributed by atoms with Gasteiger partial charge in [0.25, 0.3) is 5.91 Å². The van der Waals surface area contributed by atoms with Gasteiger partial charge in [-0.3, -0.25) is 4.79 Å². The van der Waals surface area contributed by atoms with Gasteiger partial charge in [-0.1, -0.05) is 60.2 Å². The van der Waals surface area contributed by atoms with Crippen LogP contribution in [-0.4, -0.2) is 17.9 Å². The highest BCUT2D eigenvalue weighted by Gasteiger charge is 2.09. The van der Waals surface area contributed by atoms with E-state index in [2.05, 4.69) is 33.4 Å². The number of nitrogens with one attached hydrogen (secondary N) is 1. The first-order valence-corrected chi connectivity index (χ1v) is 8.67. The predicted molar refractivity (Wildman–Crippen MR) is 105 cm³/mol. The summed E-state index contributed by atoms with van der Waals surface area (Å²) in [4.78, 5) is 18.7. The Bertz CT molecular complexity index is 860. The second-order valence-electron chi connectivity index (χ2n) is 6.42. The smallest absolute Gasteiger partial charge is 0.270 e. The van der Waals surface area contributed by atoms with Gasteiger partial charge in [0.15, 0.2) is 0 Å². The van der Waals surface area contributed by atoms with Crippen molar-refractivity contribution in [2.75, 3.05) is 11.9 Å². The molecule has 0 unspecified atom stereocenters. The zero-order valence-corrected chi connectivity index (χ0v) is 15.1. The molecule has 4 heteroatoms. The first-order chi connectivity index (χ1) is 12.6. The number of aromatic nitrogens is 1. The van der Waals surface area contributed by atoms with E-state index >= 15 is 0 Å². The van der Waals surface area contributed by atoms with Crippen molar-refractivity contribution in [2.45, 2.75) is 20.0 Å². The van der Waals surface area contributed by atoms with E-state index < -0.39 is 0 Å². The molecule has 132 valence electrons. The second-order valence-corrected chi connectivity index (χ2v) is 6.42. The molecule has 0 saturated carbocycles. The summed E-state index contributed by atoms with van der Waals surface area (Å²) >= 11 is 0. The summed E-state index contributed by atoms with van der Waals surface area (Å²) in [5.74, 6) is -0.163. The number of pyridine rings is 1. The maximum atomic E-state index is 12.3. The summed E-state index contributed by atoms with van der Waals surface area (Å²) < 4.78 is 0. The van der Waals surface area contributed by atoms with E-state index in [1.165, 1.54) is 11.1 Å². The standard InChI is InChI=1S/C22H23N3O/c1-17-7-6-10-19(13-17)14-24-22(26)21-12-11-20(15-23-21)25(2)16-18-8-4-3-5-9-18/h3-13,15H,14,16H2,1-2H3,(H,24,26). The number of carbonyl (C=O) groups excluding carboxylic acids is 1. The molecule has 0 fully saturated rings. The molecule has 0 spiro atoms. The minimum atomic E-state index is -0.163. The van der Waals surface area contributed by atoms with Crippen molar-refractivity contribution in [3.63, 3.8) is 0 Å². The highest BCUT2D eigenvalue weighted by Crippen LogP contribution is 2.14. The largest absolute Gasteiger partial charge is 0.369 e. The topological polar surface area (TPSA) is 45.2 Å². The maximum absolute atomic E-state index is 12.3.